The molecule has 0 unspecified atom stereocenters. The van der Waals surface area contributed by atoms with Crippen LogP contribution in [-0.2, 0) is 15.8 Å². The lowest BCUT2D eigenvalue weighted by molar-refractivity contribution is -0.384. The van der Waals surface area contributed by atoms with Crippen molar-refractivity contribution in [3.8, 4) is 0 Å². The molecule has 0 amide bonds. The predicted molar refractivity (Wildman–Crippen MR) is 72.3 cm³/mol. The molecule has 0 bridgehead atoms. The van der Waals surface area contributed by atoms with Crippen molar-refractivity contribution in [3.63, 3.8) is 0 Å². The summed E-state index contributed by atoms with van der Waals surface area (Å²) >= 11 is 0. The number of non-ortho nitro benzene ring substituents is 1. The van der Waals surface area contributed by atoms with Crippen molar-refractivity contribution < 1.29 is 13.3 Å². The Morgan fingerprint density at radius 2 is 1.84 bits per heavy atom. The second-order valence-corrected chi connectivity index (χ2v) is 5.74. The zero-order valence-electron chi connectivity index (χ0n) is 10.6. The molecular formula is C11H17N3O4S. The number of hydrogen-bond acceptors (Lipinski definition) is 5. The van der Waals surface area contributed by atoms with Crippen LogP contribution >= 0.6 is 0 Å². The van der Waals surface area contributed by atoms with Gasteiger partial charge in [-0.2, -0.15) is 0 Å². The average molecular weight is 287 g/mol. The van der Waals surface area contributed by atoms with Gasteiger partial charge in [0.2, 0.25) is 10.0 Å². The van der Waals surface area contributed by atoms with E-state index < -0.39 is 14.9 Å². The summed E-state index contributed by atoms with van der Waals surface area (Å²) in [6, 6.07) is 5.48. The lowest BCUT2D eigenvalue weighted by atomic mass is 10.2. The summed E-state index contributed by atoms with van der Waals surface area (Å²) in [5.74, 6) is -0.183. The number of nitro groups is 1. The highest BCUT2D eigenvalue weighted by atomic mass is 32.2. The molecule has 0 aliphatic heterocycles. The monoisotopic (exact) mass is 287 g/mol. The molecule has 2 N–H and O–H groups in total. The number of nitrogens with zero attached hydrogens (tertiary/aromatic N) is 1. The normalized spacial score (nSPS) is 11.4. The molecule has 1 aromatic rings. The third-order valence-corrected chi connectivity index (χ3v) is 3.73. The highest BCUT2D eigenvalue weighted by Crippen LogP contribution is 2.13. The third-order valence-electron chi connectivity index (χ3n) is 2.38. The molecule has 7 nitrogen and oxygen atoms in total. The predicted octanol–water partition coefficient (Wildman–Crippen LogP) is 0.624. The fourth-order valence-corrected chi connectivity index (χ4v) is 2.60. The van der Waals surface area contributed by atoms with E-state index >= 15 is 0 Å². The Kier molecular flexibility index (Phi) is 5.87. The zero-order valence-corrected chi connectivity index (χ0v) is 11.4. The topological polar surface area (TPSA) is 101 Å². The van der Waals surface area contributed by atoms with Crippen LogP contribution in [-0.4, -0.2) is 33.0 Å². The Morgan fingerprint density at radius 3 is 2.37 bits per heavy atom. The van der Waals surface area contributed by atoms with Gasteiger partial charge in [-0.1, -0.05) is 19.1 Å². The van der Waals surface area contributed by atoms with Crippen molar-refractivity contribution in [2.45, 2.75) is 12.7 Å². The number of sulfonamides is 1. The molecule has 8 heteroatoms. The van der Waals surface area contributed by atoms with E-state index in [0.29, 0.717) is 18.7 Å². The van der Waals surface area contributed by atoms with Crippen LogP contribution < -0.4 is 10.0 Å². The van der Waals surface area contributed by atoms with E-state index in [4.69, 9.17) is 0 Å². The third kappa shape index (κ3) is 5.77. The molecule has 106 valence electrons. The number of nitrogens with one attached hydrogen (secondary N) is 2. The molecule has 0 aliphatic rings. The first kappa shape index (κ1) is 15.5. The quantitative estimate of drug-likeness (QED) is 0.415. The maximum Gasteiger partial charge on any atom is 0.269 e. The van der Waals surface area contributed by atoms with Crippen molar-refractivity contribution in [3.05, 3.63) is 39.9 Å². The highest BCUT2D eigenvalue weighted by molar-refractivity contribution is 7.88. The molecule has 0 radical (unpaired) electrons. The lowest BCUT2D eigenvalue weighted by Gasteiger charge is -2.07. The minimum atomic E-state index is -3.41. The first-order valence-electron chi connectivity index (χ1n) is 5.86. The standard InChI is InChI=1S/C11H17N3O4S/c1-2-12-7-8-13-19(17,18)9-10-3-5-11(6-4-10)14(15)16/h3-6,12-13H,2,7-9H2,1H3. The Hall–Kier alpha value is -1.51. The van der Waals surface area contributed by atoms with Gasteiger partial charge in [-0.05, 0) is 12.1 Å². The number of likely N-dealkylation sites (N-methyl/N-ethyl adjacent to an activating group) is 1. The van der Waals surface area contributed by atoms with Gasteiger partial charge < -0.3 is 5.32 Å². The Morgan fingerprint density at radius 1 is 1.21 bits per heavy atom. The van der Waals surface area contributed by atoms with E-state index in [-0.39, 0.29) is 11.4 Å². The van der Waals surface area contributed by atoms with Crippen LogP contribution in [0.2, 0.25) is 0 Å². The first-order valence-corrected chi connectivity index (χ1v) is 7.51. The number of hydrogen-bond donors (Lipinski definition) is 2. The van der Waals surface area contributed by atoms with Crippen LogP contribution in [0, 0.1) is 10.1 Å². The maximum atomic E-state index is 11.7. The van der Waals surface area contributed by atoms with Crippen LogP contribution in [0.5, 0.6) is 0 Å². The fourth-order valence-electron chi connectivity index (χ4n) is 1.46. The van der Waals surface area contributed by atoms with Crippen molar-refractivity contribution in [1.82, 2.24) is 10.0 Å². The van der Waals surface area contributed by atoms with E-state index in [1.165, 1.54) is 24.3 Å². The van der Waals surface area contributed by atoms with Crippen LogP contribution in [0.1, 0.15) is 12.5 Å². The average Bonchev–Trinajstić information content (AvgIpc) is 2.35. The summed E-state index contributed by atoms with van der Waals surface area (Å²) in [7, 11) is -3.41. The molecule has 1 aromatic carbocycles. The largest absolute Gasteiger partial charge is 0.316 e. The smallest absolute Gasteiger partial charge is 0.269 e. The molecule has 0 fully saturated rings. The van der Waals surface area contributed by atoms with Gasteiger partial charge in [0, 0.05) is 25.2 Å². The van der Waals surface area contributed by atoms with E-state index in [2.05, 4.69) is 10.0 Å². The minimum Gasteiger partial charge on any atom is -0.316 e. The van der Waals surface area contributed by atoms with Gasteiger partial charge in [0.15, 0.2) is 0 Å². The summed E-state index contributed by atoms with van der Waals surface area (Å²) in [4.78, 5) is 9.95. The van der Waals surface area contributed by atoms with E-state index in [1.807, 2.05) is 6.92 Å². The fraction of sp³-hybridized carbons (Fsp3) is 0.455. The van der Waals surface area contributed by atoms with Crippen molar-refractivity contribution in [2.24, 2.45) is 0 Å². The number of nitro benzene ring substituents is 1. The highest BCUT2D eigenvalue weighted by Gasteiger charge is 2.12. The summed E-state index contributed by atoms with van der Waals surface area (Å²) in [6.07, 6.45) is 0. The van der Waals surface area contributed by atoms with Crippen molar-refractivity contribution >= 4 is 15.7 Å². The summed E-state index contributed by atoms with van der Waals surface area (Å²) in [6.45, 7) is 3.61. The molecule has 19 heavy (non-hydrogen) atoms. The second-order valence-electron chi connectivity index (χ2n) is 3.93. The molecule has 0 heterocycles. The van der Waals surface area contributed by atoms with Crippen LogP contribution in [0.25, 0.3) is 0 Å². The molecule has 1 rings (SSSR count). The van der Waals surface area contributed by atoms with Crippen LogP contribution in [0.15, 0.2) is 24.3 Å². The number of rotatable bonds is 8. The molecule has 0 atom stereocenters. The molecule has 0 aliphatic carbocycles. The van der Waals surface area contributed by atoms with Gasteiger partial charge in [-0.15, -0.1) is 0 Å². The zero-order chi connectivity index (χ0) is 14.3. The van der Waals surface area contributed by atoms with Gasteiger partial charge in [0.1, 0.15) is 0 Å². The summed E-state index contributed by atoms with van der Waals surface area (Å²) in [5, 5.41) is 13.5. The van der Waals surface area contributed by atoms with Gasteiger partial charge in [0.05, 0.1) is 10.7 Å². The van der Waals surface area contributed by atoms with Crippen LogP contribution in [0.3, 0.4) is 0 Å². The van der Waals surface area contributed by atoms with Crippen LogP contribution in [0.4, 0.5) is 5.69 Å². The van der Waals surface area contributed by atoms with Gasteiger partial charge in [0.25, 0.3) is 5.69 Å². The van der Waals surface area contributed by atoms with Gasteiger partial charge in [-0.25, -0.2) is 13.1 Å². The molecule has 0 aromatic heterocycles. The number of benzene rings is 1. The molecule has 0 saturated carbocycles. The van der Waals surface area contributed by atoms with E-state index in [1.54, 1.807) is 0 Å². The van der Waals surface area contributed by atoms with E-state index in [0.717, 1.165) is 6.54 Å². The molecule has 0 saturated heterocycles. The Labute approximate surface area is 112 Å². The molecule has 0 spiro atoms. The Bertz CT molecular complexity index is 513. The summed E-state index contributed by atoms with van der Waals surface area (Å²) < 4.78 is 25.9. The van der Waals surface area contributed by atoms with Gasteiger partial charge in [-0.3, -0.25) is 10.1 Å². The summed E-state index contributed by atoms with van der Waals surface area (Å²) in [5.41, 5.74) is 0.461. The van der Waals surface area contributed by atoms with Gasteiger partial charge >= 0.3 is 0 Å². The SMILES string of the molecule is CCNCCNS(=O)(=O)Cc1ccc([N+](=O)[O-])cc1. The van der Waals surface area contributed by atoms with Crippen molar-refractivity contribution in [2.75, 3.05) is 19.6 Å². The minimum absolute atomic E-state index is 0.0544. The van der Waals surface area contributed by atoms with E-state index in [9.17, 15) is 18.5 Å². The second kappa shape index (κ2) is 7.17. The first-order chi connectivity index (χ1) is 8.94. The Balaban J connectivity index is 2.55. The maximum absolute atomic E-state index is 11.7. The molecular weight excluding hydrogens is 270 g/mol. The van der Waals surface area contributed by atoms with Crippen molar-refractivity contribution in [1.29, 1.82) is 0 Å². The lowest BCUT2D eigenvalue weighted by Crippen LogP contribution is -2.32.